The van der Waals surface area contributed by atoms with Gasteiger partial charge in [-0.05, 0) is 65.7 Å². The first-order chi connectivity index (χ1) is 17.6. The largest absolute Gasteiger partial charge is 0.465 e. The Kier molecular flexibility index (Phi) is 6.78. The lowest BCUT2D eigenvalue weighted by Gasteiger charge is -2.15. The second-order valence-electron chi connectivity index (χ2n) is 8.17. The zero-order valence-corrected chi connectivity index (χ0v) is 20.4. The summed E-state index contributed by atoms with van der Waals surface area (Å²) < 4.78 is 7.03. The summed E-state index contributed by atoms with van der Waals surface area (Å²) in [6.45, 7) is 0. The van der Waals surface area contributed by atoms with Gasteiger partial charge in [-0.3, -0.25) is 4.99 Å². The molecule has 0 saturated heterocycles. The van der Waals surface area contributed by atoms with Crippen LogP contribution in [0.15, 0.2) is 120 Å². The molecule has 4 nitrogen and oxygen atoms in total. The molecule has 0 aliphatic heterocycles. The summed E-state index contributed by atoms with van der Waals surface area (Å²) in [6, 6.07) is 37.6. The molecule has 1 heterocycles. The van der Waals surface area contributed by atoms with Gasteiger partial charge in [0.05, 0.1) is 29.7 Å². The molecule has 0 fully saturated rings. The SMILES string of the molecule is COC(=O)c1ccc(N=Cc2cc(-c3ccccc3)n(-c3ccc(Cl)cc3)c2-c2ccccc2)cc1. The Bertz CT molecular complexity index is 1510. The Hall–Kier alpha value is -4.41. The van der Waals surface area contributed by atoms with Gasteiger partial charge in [0.2, 0.25) is 0 Å². The first kappa shape index (κ1) is 23.3. The van der Waals surface area contributed by atoms with Crippen LogP contribution in [0.25, 0.3) is 28.2 Å². The summed E-state index contributed by atoms with van der Waals surface area (Å²) in [4.78, 5) is 16.5. The Morgan fingerprint density at radius 1 is 0.806 bits per heavy atom. The highest BCUT2D eigenvalue weighted by Crippen LogP contribution is 2.36. The normalized spacial score (nSPS) is 11.1. The number of ether oxygens (including phenoxy) is 1. The number of methoxy groups -OCH3 is 1. The molecule has 0 N–H and O–H groups in total. The van der Waals surface area contributed by atoms with Crippen molar-refractivity contribution in [1.29, 1.82) is 0 Å². The quantitative estimate of drug-likeness (QED) is 0.179. The molecule has 1 aromatic heterocycles. The van der Waals surface area contributed by atoms with Crippen molar-refractivity contribution in [3.8, 4) is 28.2 Å². The zero-order valence-electron chi connectivity index (χ0n) is 19.6. The fourth-order valence-corrected chi connectivity index (χ4v) is 4.27. The number of nitrogens with zero attached hydrogens (tertiary/aromatic N) is 2. The van der Waals surface area contributed by atoms with Crippen molar-refractivity contribution in [3.63, 3.8) is 0 Å². The maximum Gasteiger partial charge on any atom is 0.337 e. The summed E-state index contributed by atoms with van der Waals surface area (Å²) in [6.07, 6.45) is 1.87. The van der Waals surface area contributed by atoms with Gasteiger partial charge in [-0.15, -0.1) is 0 Å². The minimum absolute atomic E-state index is 0.371. The van der Waals surface area contributed by atoms with E-state index in [0.717, 1.165) is 39.5 Å². The van der Waals surface area contributed by atoms with Crippen molar-refractivity contribution in [1.82, 2.24) is 4.57 Å². The number of carbonyl (C=O) groups excluding carboxylic acids is 1. The second-order valence-corrected chi connectivity index (χ2v) is 8.61. The maximum absolute atomic E-state index is 11.8. The number of rotatable bonds is 6. The fourth-order valence-electron chi connectivity index (χ4n) is 4.15. The summed E-state index contributed by atoms with van der Waals surface area (Å²) >= 11 is 6.22. The average Bonchev–Trinajstić information content (AvgIpc) is 3.32. The number of aliphatic imine (C=N–C) groups is 1. The van der Waals surface area contributed by atoms with Gasteiger partial charge in [-0.25, -0.2) is 4.79 Å². The number of esters is 1. The Balaban J connectivity index is 1.69. The minimum atomic E-state index is -0.371. The molecule has 0 unspecified atom stereocenters. The van der Waals surface area contributed by atoms with Crippen LogP contribution < -0.4 is 0 Å². The molecule has 0 spiro atoms. The van der Waals surface area contributed by atoms with Crippen LogP contribution in [0.5, 0.6) is 0 Å². The van der Waals surface area contributed by atoms with Gasteiger partial charge in [0.15, 0.2) is 0 Å². The number of carbonyl (C=O) groups is 1. The molecule has 0 bridgehead atoms. The number of hydrogen-bond acceptors (Lipinski definition) is 3. The van der Waals surface area contributed by atoms with E-state index in [1.807, 2.05) is 66.9 Å². The molecule has 36 heavy (non-hydrogen) atoms. The van der Waals surface area contributed by atoms with Crippen LogP contribution >= 0.6 is 11.6 Å². The fraction of sp³-hybridized carbons (Fsp3) is 0.0323. The third kappa shape index (κ3) is 4.85. The highest BCUT2D eigenvalue weighted by atomic mass is 35.5. The predicted molar refractivity (Wildman–Crippen MR) is 147 cm³/mol. The molecule has 0 atom stereocenters. The lowest BCUT2D eigenvalue weighted by Crippen LogP contribution is -2.00. The Labute approximate surface area is 215 Å². The van der Waals surface area contributed by atoms with Gasteiger partial charge in [-0.1, -0.05) is 72.3 Å². The molecule has 0 radical (unpaired) electrons. The first-order valence-electron chi connectivity index (χ1n) is 11.5. The third-order valence-corrected chi connectivity index (χ3v) is 6.12. The topological polar surface area (TPSA) is 43.6 Å². The number of hydrogen-bond donors (Lipinski definition) is 0. The summed E-state index contributed by atoms with van der Waals surface area (Å²) in [7, 11) is 1.37. The van der Waals surface area contributed by atoms with E-state index in [1.54, 1.807) is 24.3 Å². The van der Waals surface area contributed by atoms with Crippen molar-refractivity contribution < 1.29 is 9.53 Å². The van der Waals surface area contributed by atoms with Crippen LogP contribution in [0.3, 0.4) is 0 Å². The molecular weight excluding hydrogens is 468 g/mol. The molecule has 176 valence electrons. The van der Waals surface area contributed by atoms with Crippen molar-refractivity contribution in [3.05, 3.63) is 131 Å². The Morgan fingerprint density at radius 3 is 2.03 bits per heavy atom. The van der Waals surface area contributed by atoms with Crippen molar-refractivity contribution in [2.75, 3.05) is 7.11 Å². The number of aromatic nitrogens is 1. The van der Waals surface area contributed by atoms with Crippen LogP contribution in [0.1, 0.15) is 15.9 Å². The van der Waals surface area contributed by atoms with E-state index in [-0.39, 0.29) is 5.97 Å². The Morgan fingerprint density at radius 2 is 1.42 bits per heavy atom. The minimum Gasteiger partial charge on any atom is -0.465 e. The molecule has 0 aliphatic carbocycles. The van der Waals surface area contributed by atoms with E-state index >= 15 is 0 Å². The van der Waals surface area contributed by atoms with Crippen LogP contribution in [0, 0.1) is 0 Å². The molecule has 0 aliphatic rings. The lowest BCUT2D eigenvalue weighted by molar-refractivity contribution is 0.0601. The van der Waals surface area contributed by atoms with Crippen LogP contribution in [0.2, 0.25) is 5.02 Å². The van der Waals surface area contributed by atoms with Crippen LogP contribution in [-0.4, -0.2) is 23.9 Å². The molecular formula is C31H23ClN2O2. The van der Waals surface area contributed by atoms with Crippen LogP contribution in [-0.2, 0) is 4.74 Å². The van der Waals surface area contributed by atoms with Gasteiger partial charge in [-0.2, -0.15) is 0 Å². The first-order valence-corrected chi connectivity index (χ1v) is 11.9. The van der Waals surface area contributed by atoms with E-state index < -0.39 is 0 Å². The molecule has 0 saturated carbocycles. The third-order valence-electron chi connectivity index (χ3n) is 5.87. The standard InChI is InChI=1S/C31H23ClN2O2/c1-36-31(35)24-12-16-27(17-13-24)33-21-25-20-29(22-8-4-2-5-9-22)34(28-18-14-26(32)15-19-28)30(25)23-10-6-3-7-11-23/h2-21H,1H3. The molecule has 5 rings (SSSR count). The van der Waals surface area contributed by atoms with E-state index in [1.165, 1.54) is 7.11 Å². The number of benzene rings is 4. The van der Waals surface area contributed by atoms with Crippen molar-refractivity contribution >= 4 is 29.5 Å². The van der Waals surface area contributed by atoms with Gasteiger partial charge in [0.1, 0.15) is 0 Å². The van der Waals surface area contributed by atoms with Gasteiger partial charge in [0, 0.05) is 22.5 Å². The van der Waals surface area contributed by atoms with E-state index in [9.17, 15) is 4.79 Å². The van der Waals surface area contributed by atoms with E-state index in [2.05, 4.69) is 34.9 Å². The predicted octanol–water partition coefficient (Wildman–Crippen LogP) is 8.00. The molecule has 4 aromatic carbocycles. The van der Waals surface area contributed by atoms with Gasteiger partial charge < -0.3 is 9.30 Å². The van der Waals surface area contributed by atoms with Gasteiger partial charge in [0.25, 0.3) is 0 Å². The number of halogens is 1. The molecule has 5 heteroatoms. The van der Waals surface area contributed by atoms with Crippen LogP contribution in [0.4, 0.5) is 5.69 Å². The van der Waals surface area contributed by atoms with E-state index in [4.69, 9.17) is 21.3 Å². The monoisotopic (exact) mass is 490 g/mol. The zero-order chi connectivity index (χ0) is 24.9. The van der Waals surface area contributed by atoms with E-state index in [0.29, 0.717) is 10.6 Å². The maximum atomic E-state index is 11.8. The average molecular weight is 491 g/mol. The smallest absolute Gasteiger partial charge is 0.337 e. The summed E-state index contributed by atoms with van der Waals surface area (Å²) in [5, 5.41) is 0.686. The highest BCUT2D eigenvalue weighted by Gasteiger charge is 2.18. The molecule has 0 amide bonds. The lowest BCUT2D eigenvalue weighted by atomic mass is 10.1. The summed E-state index contributed by atoms with van der Waals surface area (Å²) in [5.74, 6) is -0.371. The second kappa shape index (κ2) is 10.5. The highest BCUT2D eigenvalue weighted by molar-refractivity contribution is 6.30. The molecule has 5 aromatic rings. The summed E-state index contributed by atoms with van der Waals surface area (Å²) in [5.41, 5.74) is 7.41. The van der Waals surface area contributed by atoms with Crippen molar-refractivity contribution in [2.24, 2.45) is 4.99 Å². The van der Waals surface area contributed by atoms with Gasteiger partial charge >= 0.3 is 5.97 Å². The van der Waals surface area contributed by atoms with Crippen molar-refractivity contribution in [2.45, 2.75) is 0 Å².